The number of hydrogen-bond donors (Lipinski definition) is 2. The number of hydrogen-bond acceptors (Lipinski definition) is 4. The second-order valence-electron chi connectivity index (χ2n) is 5.02. The van der Waals surface area contributed by atoms with Crippen molar-refractivity contribution in [2.75, 3.05) is 11.9 Å². The molecule has 1 saturated carbocycles. The van der Waals surface area contributed by atoms with Crippen LogP contribution in [-0.2, 0) is 0 Å². The minimum atomic E-state index is -1.20. The molecule has 110 valence electrons. The highest BCUT2D eigenvalue weighted by Crippen LogP contribution is 2.33. The van der Waals surface area contributed by atoms with Crippen LogP contribution >= 0.6 is 0 Å². The molecule has 1 aromatic carbocycles. The molecule has 0 heterocycles. The Bertz CT molecular complexity index is 511. The predicted octanol–water partition coefficient (Wildman–Crippen LogP) is 2.84. The minimum absolute atomic E-state index is 0.0523. The van der Waals surface area contributed by atoms with Gasteiger partial charge in [0.25, 0.3) is 0 Å². The summed E-state index contributed by atoms with van der Waals surface area (Å²) in [6.45, 7) is -0.0523. The van der Waals surface area contributed by atoms with Crippen molar-refractivity contribution in [3.8, 4) is 0 Å². The Hall–Kier alpha value is -1.76. The first-order valence-corrected chi connectivity index (χ1v) is 6.53. The fourth-order valence-corrected chi connectivity index (χ4v) is 2.68. The van der Waals surface area contributed by atoms with Crippen molar-refractivity contribution < 1.29 is 18.8 Å². The van der Waals surface area contributed by atoms with Gasteiger partial charge in [0.2, 0.25) is 5.82 Å². The van der Waals surface area contributed by atoms with E-state index < -0.39 is 22.2 Å². The lowest BCUT2D eigenvalue weighted by atomic mass is 9.85. The van der Waals surface area contributed by atoms with Crippen LogP contribution in [0.1, 0.15) is 25.7 Å². The van der Waals surface area contributed by atoms with E-state index in [1.165, 1.54) is 0 Å². The molecule has 2 atom stereocenters. The van der Waals surface area contributed by atoms with E-state index in [4.69, 9.17) is 0 Å². The summed E-state index contributed by atoms with van der Waals surface area (Å²) < 4.78 is 26.8. The van der Waals surface area contributed by atoms with Crippen molar-refractivity contribution in [3.63, 3.8) is 0 Å². The maximum Gasteiger partial charge on any atom is 0.327 e. The molecule has 1 aromatic rings. The number of nitro benzene ring substituents is 1. The number of halogens is 2. The Balaban J connectivity index is 2.30. The van der Waals surface area contributed by atoms with Gasteiger partial charge in [-0.05, 0) is 12.8 Å². The van der Waals surface area contributed by atoms with Crippen LogP contribution in [0.3, 0.4) is 0 Å². The highest BCUT2D eigenvalue weighted by Gasteiger charge is 2.28. The summed E-state index contributed by atoms with van der Waals surface area (Å²) in [4.78, 5) is 10.0. The average Bonchev–Trinajstić information content (AvgIpc) is 2.38. The molecular weight excluding hydrogens is 270 g/mol. The molecule has 5 nitrogen and oxygen atoms in total. The van der Waals surface area contributed by atoms with Crippen molar-refractivity contribution in [1.82, 2.24) is 0 Å². The molecule has 2 rings (SSSR count). The second kappa shape index (κ2) is 6.13. The van der Waals surface area contributed by atoms with E-state index in [2.05, 4.69) is 5.32 Å². The first kappa shape index (κ1) is 14.6. The Kier molecular flexibility index (Phi) is 4.49. The summed E-state index contributed by atoms with van der Waals surface area (Å²) in [5, 5.41) is 23.0. The second-order valence-corrected chi connectivity index (χ2v) is 5.02. The molecule has 2 N–H and O–H groups in total. The molecule has 1 aliphatic carbocycles. The van der Waals surface area contributed by atoms with Crippen LogP contribution < -0.4 is 5.32 Å². The van der Waals surface area contributed by atoms with E-state index in [1.54, 1.807) is 0 Å². The molecule has 2 unspecified atom stereocenters. The lowest BCUT2D eigenvalue weighted by Gasteiger charge is -2.31. The van der Waals surface area contributed by atoms with Gasteiger partial charge in [0.15, 0.2) is 0 Å². The van der Waals surface area contributed by atoms with E-state index in [0.717, 1.165) is 25.3 Å². The van der Waals surface area contributed by atoms with Crippen molar-refractivity contribution >= 4 is 11.4 Å². The Labute approximate surface area is 114 Å². The molecule has 0 bridgehead atoms. The minimum Gasteiger partial charge on any atom is -0.396 e. The number of anilines is 1. The maximum absolute atomic E-state index is 13.5. The van der Waals surface area contributed by atoms with Gasteiger partial charge in [0.05, 0.1) is 4.92 Å². The van der Waals surface area contributed by atoms with Gasteiger partial charge in [-0.25, -0.2) is 4.39 Å². The first-order chi connectivity index (χ1) is 9.52. The van der Waals surface area contributed by atoms with E-state index >= 15 is 0 Å². The van der Waals surface area contributed by atoms with Crippen LogP contribution in [0.2, 0.25) is 0 Å². The van der Waals surface area contributed by atoms with Crippen molar-refractivity contribution in [2.24, 2.45) is 5.92 Å². The zero-order valence-electron chi connectivity index (χ0n) is 10.8. The van der Waals surface area contributed by atoms with E-state index in [1.807, 2.05) is 0 Å². The third-order valence-corrected chi connectivity index (χ3v) is 3.70. The smallest absolute Gasteiger partial charge is 0.327 e. The number of rotatable bonds is 4. The van der Waals surface area contributed by atoms with Gasteiger partial charge < -0.3 is 10.4 Å². The Morgan fingerprint density at radius 1 is 1.35 bits per heavy atom. The quantitative estimate of drug-likeness (QED) is 0.659. The van der Waals surface area contributed by atoms with Crippen LogP contribution in [0, 0.1) is 27.7 Å². The zero-order valence-corrected chi connectivity index (χ0v) is 10.8. The maximum atomic E-state index is 13.5. The standard InChI is InChI=1S/C13H16F2N2O3/c14-9-5-10(15)13(17(19)20)12(6-9)16-11-4-2-1-3-8(11)7-18/h5-6,8,11,16,18H,1-4,7H2. The van der Waals surface area contributed by atoms with Gasteiger partial charge >= 0.3 is 5.69 Å². The first-order valence-electron chi connectivity index (χ1n) is 6.53. The molecule has 0 aromatic heterocycles. The summed E-state index contributed by atoms with van der Waals surface area (Å²) >= 11 is 0. The summed E-state index contributed by atoms with van der Waals surface area (Å²) in [5.74, 6) is -2.13. The summed E-state index contributed by atoms with van der Waals surface area (Å²) in [6, 6.07) is 1.20. The van der Waals surface area contributed by atoms with E-state index in [-0.39, 0.29) is 24.3 Å². The Morgan fingerprint density at radius 2 is 2.05 bits per heavy atom. The van der Waals surface area contributed by atoms with Crippen LogP contribution in [0.4, 0.5) is 20.2 Å². The Morgan fingerprint density at radius 3 is 2.70 bits per heavy atom. The van der Waals surface area contributed by atoms with Crippen LogP contribution in [0.25, 0.3) is 0 Å². The highest BCUT2D eigenvalue weighted by atomic mass is 19.1. The summed E-state index contributed by atoms with van der Waals surface area (Å²) in [7, 11) is 0. The fraction of sp³-hybridized carbons (Fsp3) is 0.538. The molecule has 0 saturated heterocycles. The van der Waals surface area contributed by atoms with Gasteiger partial charge in [-0.1, -0.05) is 12.8 Å². The van der Waals surface area contributed by atoms with Crippen molar-refractivity contribution in [1.29, 1.82) is 0 Å². The third-order valence-electron chi connectivity index (χ3n) is 3.70. The number of nitro groups is 1. The van der Waals surface area contributed by atoms with Gasteiger partial charge in [0, 0.05) is 30.7 Å². The fourth-order valence-electron chi connectivity index (χ4n) is 2.68. The van der Waals surface area contributed by atoms with Crippen molar-refractivity contribution in [2.45, 2.75) is 31.7 Å². The molecule has 0 radical (unpaired) electrons. The SMILES string of the molecule is O=[N+]([O-])c1c(F)cc(F)cc1NC1CCCCC1CO. The zero-order chi connectivity index (χ0) is 14.7. The summed E-state index contributed by atoms with van der Waals surface area (Å²) in [5.41, 5.74) is -0.925. The number of aliphatic hydroxyl groups excluding tert-OH is 1. The molecule has 0 amide bonds. The lowest BCUT2D eigenvalue weighted by molar-refractivity contribution is -0.386. The lowest BCUT2D eigenvalue weighted by Crippen LogP contribution is -2.34. The van der Waals surface area contributed by atoms with Crippen molar-refractivity contribution in [3.05, 3.63) is 33.9 Å². The predicted molar refractivity (Wildman–Crippen MR) is 69.5 cm³/mol. The largest absolute Gasteiger partial charge is 0.396 e. The summed E-state index contributed by atoms with van der Waals surface area (Å²) in [6.07, 6.45) is 3.39. The van der Waals surface area contributed by atoms with E-state index in [0.29, 0.717) is 12.5 Å². The molecule has 0 aliphatic heterocycles. The van der Waals surface area contributed by atoms with Crippen LogP contribution in [-0.4, -0.2) is 22.7 Å². The number of nitrogens with one attached hydrogen (secondary N) is 1. The van der Waals surface area contributed by atoms with Gasteiger partial charge in [0.1, 0.15) is 11.5 Å². The third kappa shape index (κ3) is 3.04. The normalized spacial score (nSPS) is 22.6. The van der Waals surface area contributed by atoms with Gasteiger partial charge in [-0.15, -0.1) is 0 Å². The molecule has 7 heteroatoms. The van der Waals surface area contributed by atoms with Gasteiger partial charge in [-0.2, -0.15) is 4.39 Å². The molecule has 1 aliphatic rings. The molecular formula is C13H16F2N2O3. The number of benzene rings is 1. The van der Waals surface area contributed by atoms with Gasteiger partial charge in [-0.3, -0.25) is 10.1 Å². The molecule has 1 fully saturated rings. The van der Waals surface area contributed by atoms with E-state index in [9.17, 15) is 24.0 Å². The van der Waals surface area contributed by atoms with Crippen LogP contribution in [0.5, 0.6) is 0 Å². The van der Waals surface area contributed by atoms with Crippen LogP contribution in [0.15, 0.2) is 12.1 Å². The average molecular weight is 286 g/mol. The molecule has 0 spiro atoms. The topological polar surface area (TPSA) is 75.4 Å². The number of nitrogens with zero attached hydrogens (tertiary/aromatic N) is 1. The monoisotopic (exact) mass is 286 g/mol. The molecule has 20 heavy (non-hydrogen) atoms. The highest BCUT2D eigenvalue weighted by molar-refractivity contribution is 5.62. The number of aliphatic hydroxyl groups is 1.